The van der Waals surface area contributed by atoms with Crippen molar-refractivity contribution in [2.45, 2.75) is 18.6 Å². The van der Waals surface area contributed by atoms with Crippen molar-refractivity contribution in [1.29, 1.82) is 0 Å². The number of imide groups is 1. The summed E-state index contributed by atoms with van der Waals surface area (Å²) in [7, 11) is 1.56. The number of benzene rings is 2. The van der Waals surface area contributed by atoms with Gasteiger partial charge in [-0.2, -0.15) is 0 Å². The molecule has 166 valence electrons. The third-order valence-electron chi connectivity index (χ3n) is 5.21. The number of aliphatic hydroxyl groups is 1. The molecule has 2 atom stereocenters. The van der Waals surface area contributed by atoms with E-state index in [1.54, 1.807) is 62.6 Å². The topological polar surface area (TPSA) is 132 Å². The van der Waals surface area contributed by atoms with Crippen LogP contribution < -0.4 is 14.8 Å². The Morgan fingerprint density at radius 3 is 2.59 bits per heavy atom. The molecule has 11 heteroatoms. The minimum absolute atomic E-state index is 0.0884. The first-order chi connectivity index (χ1) is 15.4. The van der Waals surface area contributed by atoms with Crippen molar-refractivity contribution in [2.24, 2.45) is 0 Å². The van der Waals surface area contributed by atoms with Crippen molar-refractivity contribution in [2.75, 3.05) is 20.3 Å². The molecule has 2 heterocycles. The van der Waals surface area contributed by atoms with Crippen molar-refractivity contribution in [3.63, 3.8) is 0 Å². The predicted molar refractivity (Wildman–Crippen MR) is 111 cm³/mol. The van der Waals surface area contributed by atoms with Crippen molar-refractivity contribution < 1.29 is 24.2 Å². The third-order valence-corrected chi connectivity index (χ3v) is 5.21. The van der Waals surface area contributed by atoms with E-state index < -0.39 is 23.6 Å². The van der Waals surface area contributed by atoms with Gasteiger partial charge in [-0.25, -0.2) is 9.48 Å². The van der Waals surface area contributed by atoms with E-state index in [1.807, 2.05) is 0 Å². The van der Waals surface area contributed by atoms with Crippen molar-refractivity contribution in [1.82, 2.24) is 30.4 Å². The highest BCUT2D eigenvalue weighted by molar-refractivity contribution is 6.07. The molecule has 1 fully saturated rings. The highest BCUT2D eigenvalue weighted by atomic mass is 16.5. The third kappa shape index (κ3) is 4.10. The SMILES string of the molecule is COc1ccc(OC[C@H](O)CN2C(=O)N[C@@](C)(c3cccc(-n4cnnn4)c3)C2=O)cc1. The summed E-state index contributed by atoms with van der Waals surface area (Å²) in [5.74, 6) is 0.742. The van der Waals surface area contributed by atoms with Gasteiger partial charge in [-0.3, -0.25) is 9.69 Å². The molecule has 0 bridgehead atoms. The lowest BCUT2D eigenvalue weighted by Gasteiger charge is -2.23. The number of nitrogens with one attached hydrogen (secondary N) is 1. The van der Waals surface area contributed by atoms with Crippen LogP contribution in [0.4, 0.5) is 4.79 Å². The Bertz CT molecular complexity index is 1100. The van der Waals surface area contributed by atoms with E-state index in [1.165, 1.54) is 11.0 Å². The summed E-state index contributed by atoms with van der Waals surface area (Å²) in [6.07, 6.45) is 0.365. The molecule has 0 radical (unpaired) electrons. The monoisotopic (exact) mass is 438 g/mol. The molecule has 0 spiro atoms. The number of hydrogen-bond acceptors (Lipinski definition) is 8. The van der Waals surface area contributed by atoms with Gasteiger partial charge in [-0.1, -0.05) is 12.1 Å². The second-order valence-corrected chi connectivity index (χ2v) is 7.42. The highest BCUT2D eigenvalue weighted by Crippen LogP contribution is 2.30. The van der Waals surface area contributed by atoms with E-state index in [-0.39, 0.29) is 13.2 Å². The molecule has 3 aromatic rings. The van der Waals surface area contributed by atoms with Crippen LogP contribution in [0.1, 0.15) is 12.5 Å². The van der Waals surface area contributed by atoms with Crippen LogP contribution in [0.5, 0.6) is 11.5 Å². The van der Waals surface area contributed by atoms with Gasteiger partial charge in [-0.05, 0) is 59.3 Å². The van der Waals surface area contributed by atoms with Gasteiger partial charge < -0.3 is 19.9 Å². The summed E-state index contributed by atoms with van der Waals surface area (Å²) in [5, 5.41) is 24.1. The number of carbonyl (C=O) groups excluding carboxylic acids is 2. The Labute approximate surface area is 183 Å². The summed E-state index contributed by atoms with van der Waals surface area (Å²) in [6.45, 7) is 1.32. The average Bonchev–Trinajstić information content (AvgIpc) is 3.42. The Kier molecular flexibility index (Phi) is 5.73. The maximum atomic E-state index is 13.1. The van der Waals surface area contributed by atoms with E-state index in [0.717, 1.165) is 4.90 Å². The minimum atomic E-state index is -1.29. The van der Waals surface area contributed by atoms with E-state index in [0.29, 0.717) is 22.7 Å². The summed E-state index contributed by atoms with van der Waals surface area (Å²) in [6, 6.07) is 13.3. The largest absolute Gasteiger partial charge is 0.497 e. The summed E-state index contributed by atoms with van der Waals surface area (Å²) in [4.78, 5) is 26.7. The molecular weight excluding hydrogens is 416 g/mol. The summed E-state index contributed by atoms with van der Waals surface area (Å²) < 4.78 is 12.1. The number of β-amino-alcohol motifs (C(OH)–C–C–N with tert-alkyl or cyclic N) is 1. The van der Waals surface area contributed by atoms with Crippen LogP contribution in [0.2, 0.25) is 0 Å². The normalized spacial score (nSPS) is 19.0. The number of tetrazole rings is 1. The Hall–Kier alpha value is -3.99. The zero-order valence-corrected chi connectivity index (χ0v) is 17.5. The molecule has 1 aliphatic heterocycles. The van der Waals surface area contributed by atoms with Crippen LogP contribution in [-0.4, -0.2) is 68.5 Å². The number of aromatic nitrogens is 4. The molecule has 1 saturated heterocycles. The van der Waals surface area contributed by atoms with Gasteiger partial charge in [0.05, 0.1) is 19.3 Å². The number of methoxy groups -OCH3 is 1. The molecule has 4 rings (SSSR count). The second-order valence-electron chi connectivity index (χ2n) is 7.42. The molecule has 32 heavy (non-hydrogen) atoms. The Morgan fingerprint density at radius 1 is 1.16 bits per heavy atom. The Balaban J connectivity index is 1.43. The van der Waals surface area contributed by atoms with Crippen molar-refractivity contribution >= 4 is 11.9 Å². The minimum Gasteiger partial charge on any atom is -0.497 e. The first kappa shape index (κ1) is 21.2. The fourth-order valence-electron chi connectivity index (χ4n) is 3.43. The standard InChI is InChI=1S/C21H22N6O5/c1-21(14-4-3-5-15(10-14)27-13-22-24-25-27)19(29)26(20(30)23-21)11-16(28)12-32-18-8-6-17(31-2)7-9-18/h3-10,13,16,28H,11-12H2,1-2H3,(H,23,30)/t16-,21+/m1/s1. The molecule has 0 aliphatic carbocycles. The number of aliphatic hydroxyl groups excluding tert-OH is 1. The smallest absolute Gasteiger partial charge is 0.325 e. The zero-order chi connectivity index (χ0) is 22.7. The van der Waals surface area contributed by atoms with Gasteiger partial charge >= 0.3 is 6.03 Å². The van der Waals surface area contributed by atoms with Crippen LogP contribution in [0, 0.1) is 0 Å². The van der Waals surface area contributed by atoms with Gasteiger partial charge in [0, 0.05) is 0 Å². The van der Waals surface area contributed by atoms with Crippen LogP contribution in [0.15, 0.2) is 54.9 Å². The van der Waals surface area contributed by atoms with Gasteiger partial charge in [0.1, 0.15) is 36.1 Å². The van der Waals surface area contributed by atoms with Gasteiger partial charge in [-0.15, -0.1) is 5.10 Å². The number of ether oxygens (including phenoxy) is 2. The Morgan fingerprint density at radius 2 is 1.91 bits per heavy atom. The molecule has 11 nitrogen and oxygen atoms in total. The quantitative estimate of drug-likeness (QED) is 0.496. The zero-order valence-electron chi connectivity index (χ0n) is 17.5. The number of rotatable bonds is 8. The predicted octanol–water partition coefficient (Wildman–Crippen LogP) is 0.878. The molecule has 2 N–H and O–H groups in total. The van der Waals surface area contributed by atoms with Crippen LogP contribution in [0.25, 0.3) is 5.69 Å². The fourth-order valence-corrected chi connectivity index (χ4v) is 3.43. The van der Waals surface area contributed by atoms with Crippen LogP contribution in [-0.2, 0) is 10.3 Å². The highest BCUT2D eigenvalue weighted by Gasteiger charge is 2.49. The lowest BCUT2D eigenvalue weighted by molar-refractivity contribution is -0.132. The molecule has 1 aliphatic rings. The lowest BCUT2D eigenvalue weighted by Crippen LogP contribution is -2.42. The van der Waals surface area contributed by atoms with E-state index >= 15 is 0 Å². The maximum Gasteiger partial charge on any atom is 0.325 e. The first-order valence-electron chi connectivity index (χ1n) is 9.83. The number of amides is 3. The molecule has 0 unspecified atom stereocenters. The average molecular weight is 438 g/mol. The molecule has 0 saturated carbocycles. The molecule has 3 amide bonds. The van der Waals surface area contributed by atoms with Gasteiger partial charge in [0.2, 0.25) is 0 Å². The number of nitrogens with zero attached hydrogens (tertiary/aromatic N) is 5. The van der Waals surface area contributed by atoms with E-state index in [4.69, 9.17) is 9.47 Å². The van der Waals surface area contributed by atoms with E-state index in [9.17, 15) is 14.7 Å². The first-order valence-corrected chi connectivity index (χ1v) is 9.83. The van der Waals surface area contributed by atoms with Crippen LogP contribution >= 0.6 is 0 Å². The molecule has 2 aromatic carbocycles. The van der Waals surface area contributed by atoms with Gasteiger partial charge in [0.25, 0.3) is 5.91 Å². The van der Waals surface area contributed by atoms with Gasteiger partial charge in [0.15, 0.2) is 0 Å². The number of carbonyl (C=O) groups is 2. The second kappa shape index (κ2) is 8.63. The molecular formula is C21H22N6O5. The number of hydrogen-bond donors (Lipinski definition) is 2. The van der Waals surface area contributed by atoms with Crippen molar-refractivity contribution in [3.05, 3.63) is 60.4 Å². The summed E-state index contributed by atoms with van der Waals surface area (Å²) >= 11 is 0. The maximum absolute atomic E-state index is 13.1. The number of urea groups is 1. The molecule has 1 aromatic heterocycles. The summed E-state index contributed by atoms with van der Waals surface area (Å²) in [5.41, 5.74) is -0.0880. The van der Waals surface area contributed by atoms with Crippen LogP contribution in [0.3, 0.4) is 0 Å². The van der Waals surface area contributed by atoms with E-state index in [2.05, 4.69) is 20.8 Å². The van der Waals surface area contributed by atoms with Crippen molar-refractivity contribution in [3.8, 4) is 17.2 Å². The lowest BCUT2D eigenvalue weighted by atomic mass is 9.91. The fraction of sp³-hybridized carbons (Fsp3) is 0.286.